The van der Waals surface area contributed by atoms with E-state index in [1.54, 1.807) is 0 Å². The van der Waals surface area contributed by atoms with Crippen LogP contribution in [0.25, 0.3) is 0 Å². The monoisotopic (exact) mass is 1440 g/mol. The van der Waals surface area contributed by atoms with Crippen LogP contribution >= 0.6 is 11.6 Å². The second kappa shape index (κ2) is 67.9. The maximum absolute atomic E-state index is 11.5. The Labute approximate surface area is 636 Å². The lowest BCUT2D eigenvalue weighted by Crippen LogP contribution is -2.51. The maximum atomic E-state index is 11.5. The molecule has 1 aliphatic heterocycles. The Morgan fingerprint density at radius 3 is 0.706 bits per heavy atom. The average molecular weight is 1450 g/mol. The van der Waals surface area contributed by atoms with Crippen molar-refractivity contribution >= 4 is 11.6 Å². The number of hydrogen-bond donors (Lipinski definition) is 5. The Balaban J connectivity index is 0.00000134. The summed E-state index contributed by atoms with van der Waals surface area (Å²) >= 11 is 7.12. The van der Waals surface area contributed by atoms with E-state index in [1.165, 1.54) is 225 Å². The number of halogens is 1. The minimum absolute atomic E-state index is 0.342. The van der Waals surface area contributed by atoms with Gasteiger partial charge in [-0.05, 0) is 48.8 Å². The summed E-state index contributed by atoms with van der Waals surface area (Å²) < 4.78 is 0. The van der Waals surface area contributed by atoms with E-state index in [0.29, 0.717) is 32.7 Å². The van der Waals surface area contributed by atoms with Gasteiger partial charge < -0.3 is 25.5 Å². The zero-order valence-corrected chi connectivity index (χ0v) is 68.6. The number of rotatable bonds is 67. The van der Waals surface area contributed by atoms with Gasteiger partial charge in [-0.3, -0.25) is 24.5 Å². The number of alkyl halides is 1. The summed E-state index contributed by atoms with van der Waals surface area (Å²) in [5.74, 6) is 0. The van der Waals surface area contributed by atoms with Crippen molar-refractivity contribution in [2.75, 3.05) is 98.2 Å². The Bertz CT molecular complexity index is 2020. The molecule has 102 heavy (non-hydrogen) atoms. The van der Waals surface area contributed by atoms with Crippen LogP contribution in [0.4, 0.5) is 0 Å². The molecule has 0 amide bonds. The van der Waals surface area contributed by atoms with Crippen LogP contribution in [0.1, 0.15) is 354 Å². The topological polar surface area (TPSA) is 117 Å². The van der Waals surface area contributed by atoms with Gasteiger partial charge in [-0.1, -0.05) is 396 Å². The van der Waals surface area contributed by atoms with E-state index in [1.807, 2.05) is 68.4 Å². The van der Waals surface area contributed by atoms with Crippen molar-refractivity contribution in [1.29, 1.82) is 0 Å². The summed E-state index contributed by atoms with van der Waals surface area (Å²) in [5, 5.41) is 56.9. The Kier molecular flexibility index (Phi) is 63.6. The highest BCUT2D eigenvalue weighted by Gasteiger charge is 2.34. The third-order valence-electron chi connectivity index (χ3n) is 21.5. The van der Waals surface area contributed by atoms with E-state index in [2.05, 4.69) is 95.5 Å². The van der Waals surface area contributed by atoms with Crippen molar-refractivity contribution < 1.29 is 25.5 Å². The van der Waals surface area contributed by atoms with Crippen LogP contribution < -0.4 is 0 Å². The van der Waals surface area contributed by atoms with Gasteiger partial charge in [0.15, 0.2) is 0 Å². The molecule has 5 N–H and O–H groups in total. The van der Waals surface area contributed by atoms with Crippen LogP contribution in [0.5, 0.6) is 0 Å². The summed E-state index contributed by atoms with van der Waals surface area (Å²) in [6.45, 7) is 28.0. The second-order valence-electron chi connectivity index (χ2n) is 30.8. The van der Waals surface area contributed by atoms with Gasteiger partial charge in [-0.15, -0.1) is 11.6 Å². The fourth-order valence-electron chi connectivity index (χ4n) is 14.9. The van der Waals surface area contributed by atoms with E-state index in [-0.39, 0.29) is 30.5 Å². The molecule has 1 saturated heterocycles. The van der Waals surface area contributed by atoms with E-state index in [9.17, 15) is 25.5 Å². The fourth-order valence-corrected chi connectivity index (χ4v) is 15.3. The lowest BCUT2D eigenvalue weighted by atomic mass is 9.84. The predicted octanol–water partition coefficient (Wildman–Crippen LogP) is 22.2. The first kappa shape index (κ1) is 95.6. The van der Waals surface area contributed by atoms with Crippen LogP contribution in [0, 0.1) is 0 Å². The smallest absolute Gasteiger partial charge is 0.119 e. The molecule has 0 bridgehead atoms. The molecule has 0 radical (unpaired) electrons. The highest BCUT2D eigenvalue weighted by molar-refractivity contribution is 6.28. The lowest BCUT2D eigenvalue weighted by Gasteiger charge is -2.37. The first-order valence-electron chi connectivity index (χ1n) is 43.8. The summed E-state index contributed by atoms with van der Waals surface area (Å²) in [5.41, 5.74) is 3.25. The minimum atomic E-state index is -0.649. The van der Waals surface area contributed by atoms with Crippen LogP contribution in [-0.4, -0.2) is 179 Å². The van der Waals surface area contributed by atoms with E-state index in [4.69, 9.17) is 11.6 Å². The molecule has 0 aromatic heterocycles. The molecule has 0 spiro atoms. The standard InChI is InChI=1S/C70H145N5O5.C19H15Cl.C2H6/c1-6-11-16-21-26-31-36-41-46-66(76)61-73(58-60-75(64-69(79)49-44-39-34-29-24-19-14-9-4)65-70(80)50-45-40-35-30-25-20-15-10-5)57-55-71-51-53-72(54-52-71)56-59-74(62-67(77)47-42-37-32-27-22-17-12-7-2)63-68(78)48-43-38-33-28-23-18-13-8-3;20-19(16-10-4-1-5-11-16,17-12-6-2-7-13-17)18-14-8-3-9-15-18;1-2/h66-70,76-80H,6-65H2,1-5H3;1-15H;1-2H3/t66-,67-,68-,69-,70-;;/m1../s1. The zero-order chi connectivity index (χ0) is 74.0. The molecular weight excluding hydrogens is 1280 g/mol. The summed E-state index contributed by atoms with van der Waals surface area (Å²) in [4.78, 5) is 11.8. The number of hydrogen-bond acceptors (Lipinski definition) is 10. The van der Waals surface area contributed by atoms with Crippen molar-refractivity contribution in [2.45, 2.75) is 373 Å². The summed E-state index contributed by atoms with van der Waals surface area (Å²) in [7, 11) is 0. The number of unbranched alkanes of at least 4 members (excludes halogenated alkanes) is 35. The third kappa shape index (κ3) is 50.2. The minimum Gasteiger partial charge on any atom is -0.392 e. The molecule has 1 fully saturated rings. The lowest BCUT2D eigenvalue weighted by molar-refractivity contribution is 0.0419. The van der Waals surface area contributed by atoms with Gasteiger partial charge >= 0.3 is 0 Å². The normalized spacial score (nSPS) is 14.6. The van der Waals surface area contributed by atoms with Gasteiger partial charge in [-0.25, -0.2) is 0 Å². The molecule has 1 aliphatic rings. The molecule has 10 nitrogen and oxygen atoms in total. The van der Waals surface area contributed by atoms with E-state index < -0.39 is 4.87 Å². The summed E-state index contributed by atoms with van der Waals surface area (Å²) in [6, 6.07) is 30.6. The number of nitrogens with zero attached hydrogens (tertiary/aromatic N) is 5. The zero-order valence-electron chi connectivity index (χ0n) is 67.8. The molecule has 11 heteroatoms. The Morgan fingerprint density at radius 1 is 0.284 bits per heavy atom. The number of piperazine rings is 1. The fraction of sp³-hybridized carbons (Fsp3) is 0.802. The Hall–Kier alpha value is -2.45. The van der Waals surface area contributed by atoms with Crippen molar-refractivity contribution in [1.82, 2.24) is 24.5 Å². The average Bonchev–Trinajstić information content (AvgIpc) is 0.773. The molecule has 3 aromatic rings. The molecule has 592 valence electrons. The van der Waals surface area contributed by atoms with E-state index >= 15 is 0 Å². The van der Waals surface area contributed by atoms with Gasteiger partial charge in [0.2, 0.25) is 0 Å². The highest BCUT2D eigenvalue weighted by atomic mass is 35.5. The van der Waals surface area contributed by atoms with Crippen LogP contribution in [0.2, 0.25) is 0 Å². The molecular formula is C91H166ClN5O5. The Morgan fingerprint density at radius 2 is 0.471 bits per heavy atom. The third-order valence-corrected chi connectivity index (χ3v) is 22.1. The molecule has 0 unspecified atom stereocenters. The van der Waals surface area contributed by atoms with Crippen molar-refractivity contribution in [3.05, 3.63) is 108 Å². The molecule has 3 aromatic carbocycles. The highest BCUT2D eigenvalue weighted by Crippen LogP contribution is 2.43. The molecule has 5 atom stereocenters. The molecule has 0 aliphatic carbocycles. The van der Waals surface area contributed by atoms with Gasteiger partial charge in [0.25, 0.3) is 0 Å². The van der Waals surface area contributed by atoms with Crippen molar-refractivity contribution in [3.8, 4) is 0 Å². The maximum Gasteiger partial charge on any atom is 0.119 e. The quantitative estimate of drug-likeness (QED) is 0.0212. The van der Waals surface area contributed by atoms with Crippen LogP contribution in [0.3, 0.4) is 0 Å². The van der Waals surface area contributed by atoms with Gasteiger partial charge in [0, 0.05) is 98.2 Å². The summed E-state index contributed by atoms with van der Waals surface area (Å²) in [6.07, 6.45) is 53.2. The SMILES string of the molecule is CC.CCCCCCCCCC[C@@H](O)CN(CCN1CCN(CCN(C[C@H](O)CCCCCCCCCC)C[C@H](O)CCCCCCCCCC)CC1)CCN(C[C@H](O)CCCCCCCCCC)C[C@H](O)CCCCCCCCCC.ClC(c1ccccc1)(c1ccccc1)c1ccccc1. The van der Waals surface area contributed by atoms with Crippen LogP contribution in [-0.2, 0) is 4.87 Å². The van der Waals surface area contributed by atoms with E-state index in [0.717, 1.165) is 146 Å². The predicted molar refractivity (Wildman–Crippen MR) is 445 cm³/mol. The molecule has 4 rings (SSSR count). The first-order valence-corrected chi connectivity index (χ1v) is 44.2. The van der Waals surface area contributed by atoms with Gasteiger partial charge in [-0.2, -0.15) is 0 Å². The van der Waals surface area contributed by atoms with Gasteiger partial charge in [0.1, 0.15) is 4.87 Å². The molecule has 1 heterocycles. The number of aliphatic hydroxyl groups is 5. The second-order valence-corrected chi connectivity index (χ2v) is 31.4. The largest absolute Gasteiger partial charge is 0.392 e. The van der Waals surface area contributed by atoms with Crippen molar-refractivity contribution in [3.63, 3.8) is 0 Å². The van der Waals surface area contributed by atoms with Crippen molar-refractivity contribution in [2.24, 2.45) is 0 Å². The first-order chi connectivity index (χ1) is 49.9. The number of aliphatic hydroxyl groups excluding tert-OH is 5. The van der Waals surface area contributed by atoms with Gasteiger partial charge in [0.05, 0.1) is 30.5 Å². The molecule has 0 saturated carbocycles. The van der Waals surface area contributed by atoms with Crippen LogP contribution in [0.15, 0.2) is 91.0 Å². The number of benzene rings is 3.